The molecule has 0 saturated heterocycles. The fourth-order valence-electron chi connectivity index (χ4n) is 2.90. The van der Waals surface area contributed by atoms with Crippen LogP contribution >= 0.6 is 23.2 Å². The molecular weight excluding hydrogens is 383 g/mol. The Bertz CT molecular complexity index is 1060. The number of imidazole rings is 1. The molecule has 0 amide bonds. The second-order valence-electron chi connectivity index (χ2n) is 5.97. The number of benzene rings is 3. The van der Waals surface area contributed by atoms with Crippen LogP contribution < -0.4 is 9.47 Å². The number of nitrogens with zero attached hydrogens (tertiary/aromatic N) is 1. The zero-order valence-electron chi connectivity index (χ0n) is 14.5. The van der Waals surface area contributed by atoms with Gasteiger partial charge in [-0.25, -0.2) is 4.98 Å². The summed E-state index contributed by atoms with van der Waals surface area (Å²) in [5.41, 5.74) is 3.72. The molecule has 4 rings (SSSR count). The summed E-state index contributed by atoms with van der Waals surface area (Å²) in [6.45, 7) is 0.265. The summed E-state index contributed by atoms with van der Waals surface area (Å²) in [5.74, 6) is 1.96. The van der Waals surface area contributed by atoms with Gasteiger partial charge in [-0.15, -0.1) is 0 Å². The molecule has 0 spiro atoms. The van der Waals surface area contributed by atoms with Crippen LogP contribution in [0.15, 0.2) is 60.7 Å². The van der Waals surface area contributed by atoms with E-state index in [4.69, 9.17) is 32.7 Å². The number of halogens is 2. The first kappa shape index (κ1) is 17.7. The number of aromatic amines is 1. The Morgan fingerprint density at radius 2 is 1.74 bits per heavy atom. The SMILES string of the molecule is COc1ccc(-c2nc3ccccc3[nH]2)cc1COc1c(Cl)cccc1Cl. The molecule has 0 unspecified atom stereocenters. The largest absolute Gasteiger partial charge is 0.496 e. The van der Waals surface area contributed by atoms with Crippen molar-refractivity contribution >= 4 is 34.2 Å². The van der Waals surface area contributed by atoms with Crippen LogP contribution in [0.3, 0.4) is 0 Å². The van der Waals surface area contributed by atoms with Crippen molar-refractivity contribution in [2.24, 2.45) is 0 Å². The standard InChI is InChI=1S/C21H16Cl2N2O2/c1-26-19-10-9-13(21-24-17-7-2-3-8-18(17)25-21)11-14(19)12-27-20-15(22)5-4-6-16(20)23/h2-11H,12H2,1H3,(H,24,25). The van der Waals surface area contributed by atoms with Crippen LogP contribution in [0.4, 0.5) is 0 Å². The summed E-state index contributed by atoms with van der Waals surface area (Å²) in [6, 6.07) is 19.0. The minimum atomic E-state index is 0.265. The van der Waals surface area contributed by atoms with Gasteiger partial charge in [0.05, 0.1) is 28.2 Å². The van der Waals surface area contributed by atoms with E-state index in [0.717, 1.165) is 33.7 Å². The van der Waals surface area contributed by atoms with Gasteiger partial charge in [-0.05, 0) is 42.5 Å². The highest BCUT2D eigenvalue weighted by molar-refractivity contribution is 6.37. The number of nitrogens with one attached hydrogen (secondary N) is 1. The van der Waals surface area contributed by atoms with Crippen LogP contribution in [-0.2, 0) is 6.61 Å². The van der Waals surface area contributed by atoms with Crippen molar-refractivity contribution in [3.63, 3.8) is 0 Å². The maximum Gasteiger partial charge on any atom is 0.156 e. The number of methoxy groups -OCH3 is 1. The Morgan fingerprint density at radius 1 is 0.963 bits per heavy atom. The highest BCUT2D eigenvalue weighted by Gasteiger charge is 2.12. The quantitative estimate of drug-likeness (QED) is 0.440. The van der Waals surface area contributed by atoms with Crippen molar-refractivity contribution in [3.05, 3.63) is 76.3 Å². The van der Waals surface area contributed by atoms with Gasteiger partial charge in [0.25, 0.3) is 0 Å². The second kappa shape index (κ2) is 7.51. The van der Waals surface area contributed by atoms with Crippen molar-refractivity contribution < 1.29 is 9.47 Å². The lowest BCUT2D eigenvalue weighted by molar-refractivity contribution is 0.297. The van der Waals surface area contributed by atoms with Crippen LogP contribution in [0.25, 0.3) is 22.4 Å². The Morgan fingerprint density at radius 3 is 2.48 bits per heavy atom. The zero-order chi connectivity index (χ0) is 18.8. The zero-order valence-corrected chi connectivity index (χ0v) is 16.0. The summed E-state index contributed by atoms with van der Waals surface area (Å²) in [7, 11) is 1.63. The van der Waals surface area contributed by atoms with Crippen LogP contribution in [0.5, 0.6) is 11.5 Å². The van der Waals surface area contributed by atoms with Gasteiger partial charge in [-0.1, -0.05) is 41.4 Å². The van der Waals surface area contributed by atoms with E-state index < -0.39 is 0 Å². The summed E-state index contributed by atoms with van der Waals surface area (Å²) >= 11 is 12.4. The van der Waals surface area contributed by atoms with Gasteiger partial charge in [0.2, 0.25) is 0 Å². The lowest BCUT2D eigenvalue weighted by Gasteiger charge is -2.13. The summed E-state index contributed by atoms with van der Waals surface area (Å²) in [6.07, 6.45) is 0. The van der Waals surface area contributed by atoms with E-state index in [1.54, 1.807) is 25.3 Å². The minimum Gasteiger partial charge on any atom is -0.496 e. The number of aromatic nitrogens is 2. The third-order valence-corrected chi connectivity index (χ3v) is 4.83. The Labute approximate surface area is 166 Å². The summed E-state index contributed by atoms with van der Waals surface area (Å²) in [5, 5.41) is 0.935. The van der Waals surface area contributed by atoms with Crippen molar-refractivity contribution in [2.75, 3.05) is 7.11 Å². The van der Waals surface area contributed by atoms with E-state index >= 15 is 0 Å². The predicted molar refractivity (Wildman–Crippen MR) is 109 cm³/mol. The molecule has 136 valence electrons. The molecule has 0 saturated carbocycles. The number of hydrogen-bond acceptors (Lipinski definition) is 3. The Hall–Kier alpha value is -2.69. The first-order chi connectivity index (χ1) is 13.2. The summed E-state index contributed by atoms with van der Waals surface area (Å²) in [4.78, 5) is 7.98. The number of ether oxygens (including phenoxy) is 2. The lowest BCUT2D eigenvalue weighted by Crippen LogP contribution is -2.00. The predicted octanol–water partition coefficient (Wildman–Crippen LogP) is 6.12. The fraction of sp³-hybridized carbons (Fsp3) is 0.0952. The van der Waals surface area contributed by atoms with Gasteiger partial charge in [0.15, 0.2) is 5.75 Å². The Balaban J connectivity index is 1.66. The maximum absolute atomic E-state index is 6.19. The van der Waals surface area contributed by atoms with E-state index in [9.17, 15) is 0 Å². The molecule has 1 aromatic heterocycles. The Kier molecular flexibility index (Phi) is 4.92. The topological polar surface area (TPSA) is 47.1 Å². The van der Waals surface area contributed by atoms with E-state index in [2.05, 4.69) is 9.97 Å². The minimum absolute atomic E-state index is 0.265. The fourth-order valence-corrected chi connectivity index (χ4v) is 3.41. The molecule has 0 aliphatic heterocycles. The third-order valence-electron chi connectivity index (χ3n) is 4.23. The van der Waals surface area contributed by atoms with Crippen LogP contribution in [0, 0.1) is 0 Å². The van der Waals surface area contributed by atoms with Gasteiger partial charge in [-0.2, -0.15) is 0 Å². The molecule has 6 heteroatoms. The number of H-pyrrole nitrogens is 1. The number of rotatable bonds is 5. The van der Waals surface area contributed by atoms with E-state index in [0.29, 0.717) is 15.8 Å². The molecule has 0 fully saturated rings. The molecule has 4 nitrogen and oxygen atoms in total. The molecule has 27 heavy (non-hydrogen) atoms. The molecule has 1 heterocycles. The maximum atomic E-state index is 6.19. The van der Waals surface area contributed by atoms with Gasteiger partial charge >= 0.3 is 0 Å². The number of hydrogen-bond donors (Lipinski definition) is 1. The van der Waals surface area contributed by atoms with Gasteiger partial charge in [0, 0.05) is 11.1 Å². The molecule has 0 bridgehead atoms. The molecule has 0 atom stereocenters. The van der Waals surface area contributed by atoms with Gasteiger partial charge < -0.3 is 14.5 Å². The first-order valence-corrected chi connectivity index (χ1v) is 9.10. The van der Waals surface area contributed by atoms with E-state index in [1.165, 1.54) is 0 Å². The molecular formula is C21H16Cl2N2O2. The second-order valence-corrected chi connectivity index (χ2v) is 6.78. The number of fused-ring (bicyclic) bond motifs is 1. The highest BCUT2D eigenvalue weighted by atomic mass is 35.5. The monoisotopic (exact) mass is 398 g/mol. The van der Waals surface area contributed by atoms with Crippen LogP contribution in [0.2, 0.25) is 10.0 Å². The molecule has 0 aliphatic rings. The lowest BCUT2D eigenvalue weighted by atomic mass is 10.1. The smallest absolute Gasteiger partial charge is 0.156 e. The molecule has 0 radical (unpaired) electrons. The average molecular weight is 399 g/mol. The highest BCUT2D eigenvalue weighted by Crippen LogP contribution is 2.34. The van der Waals surface area contributed by atoms with Crippen molar-refractivity contribution in [3.8, 4) is 22.9 Å². The van der Waals surface area contributed by atoms with Crippen molar-refractivity contribution in [2.45, 2.75) is 6.61 Å². The number of para-hydroxylation sites is 3. The first-order valence-electron chi connectivity index (χ1n) is 8.34. The van der Waals surface area contributed by atoms with Crippen molar-refractivity contribution in [1.82, 2.24) is 9.97 Å². The molecule has 1 N–H and O–H groups in total. The van der Waals surface area contributed by atoms with Crippen molar-refractivity contribution in [1.29, 1.82) is 0 Å². The summed E-state index contributed by atoms with van der Waals surface area (Å²) < 4.78 is 11.3. The van der Waals surface area contributed by atoms with E-state index in [-0.39, 0.29) is 6.61 Å². The molecule has 3 aromatic carbocycles. The van der Waals surface area contributed by atoms with Gasteiger partial charge in [0.1, 0.15) is 18.2 Å². The molecule has 0 aliphatic carbocycles. The third kappa shape index (κ3) is 3.59. The normalized spacial score (nSPS) is 10.9. The van der Waals surface area contributed by atoms with Crippen LogP contribution in [0.1, 0.15) is 5.56 Å². The van der Waals surface area contributed by atoms with E-state index in [1.807, 2.05) is 42.5 Å². The van der Waals surface area contributed by atoms with Gasteiger partial charge in [-0.3, -0.25) is 0 Å². The van der Waals surface area contributed by atoms with Crippen LogP contribution in [-0.4, -0.2) is 17.1 Å². The molecule has 4 aromatic rings. The average Bonchev–Trinajstić information content (AvgIpc) is 3.11.